The van der Waals surface area contributed by atoms with Crippen molar-refractivity contribution in [2.45, 2.75) is 57.7 Å². The van der Waals surface area contributed by atoms with Gasteiger partial charge in [0.25, 0.3) is 0 Å². The Kier molecular flexibility index (Phi) is 1.82. The lowest BCUT2D eigenvalue weighted by atomic mass is 9.67. The number of ketones is 1. The van der Waals surface area contributed by atoms with Gasteiger partial charge >= 0.3 is 0 Å². The van der Waals surface area contributed by atoms with Gasteiger partial charge in [0.05, 0.1) is 5.60 Å². The predicted octanol–water partition coefficient (Wildman–Crippen LogP) is 2.31. The van der Waals surface area contributed by atoms with Crippen molar-refractivity contribution in [2.24, 2.45) is 5.92 Å². The molecule has 3 fully saturated rings. The van der Waals surface area contributed by atoms with Gasteiger partial charge in [-0.25, -0.2) is 0 Å². The fraction of sp³-hybridized carbons (Fsp3) is 0.909. The standard InChI is InChI=1S/C11H18O2/c1-4-10(2)8-5-6-11(3,13-10)9(12)7-8/h8H,4-7H2,1-3H3. The van der Waals surface area contributed by atoms with Crippen molar-refractivity contribution in [3.05, 3.63) is 0 Å². The molecule has 0 aromatic rings. The summed E-state index contributed by atoms with van der Waals surface area (Å²) in [6.07, 6.45) is 3.83. The van der Waals surface area contributed by atoms with E-state index in [1.807, 2.05) is 6.92 Å². The van der Waals surface area contributed by atoms with E-state index >= 15 is 0 Å². The Bertz CT molecular complexity index is 248. The molecule has 2 bridgehead atoms. The third kappa shape index (κ3) is 1.15. The van der Waals surface area contributed by atoms with E-state index in [-0.39, 0.29) is 5.60 Å². The summed E-state index contributed by atoms with van der Waals surface area (Å²) in [5, 5.41) is 0. The van der Waals surface area contributed by atoms with Crippen molar-refractivity contribution in [3.63, 3.8) is 0 Å². The quantitative estimate of drug-likeness (QED) is 0.622. The minimum absolute atomic E-state index is 0.0408. The van der Waals surface area contributed by atoms with Crippen LogP contribution in [0.3, 0.4) is 0 Å². The molecule has 1 saturated carbocycles. The Labute approximate surface area is 79.7 Å². The molecule has 0 radical (unpaired) electrons. The maximum absolute atomic E-state index is 11.7. The molecule has 1 aliphatic carbocycles. The van der Waals surface area contributed by atoms with E-state index < -0.39 is 5.60 Å². The molecule has 13 heavy (non-hydrogen) atoms. The van der Waals surface area contributed by atoms with Gasteiger partial charge in [-0.2, -0.15) is 0 Å². The SMILES string of the molecule is CCC1(C)OC2(C)CCC1CC2=O. The highest BCUT2D eigenvalue weighted by atomic mass is 16.5. The topological polar surface area (TPSA) is 26.3 Å². The first kappa shape index (κ1) is 9.20. The molecule has 3 rings (SSSR count). The Morgan fingerprint density at radius 2 is 2.23 bits per heavy atom. The van der Waals surface area contributed by atoms with E-state index in [4.69, 9.17) is 4.74 Å². The lowest BCUT2D eigenvalue weighted by Gasteiger charge is -2.53. The molecule has 0 aromatic carbocycles. The van der Waals surface area contributed by atoms with E-state index in [1.165, 1.54) is 0 Å². The van der Waals surface area contributed by atoms with Crippen LogP contribution >= 0.6 is 0 Å². The minimum Gasteiger partial charge on any atom is -0.361 e. The molecular formula is C11H18O2. The van der Waals surface area contributed by atoms with Crippen LogP contribution in [-0.2, 0) is 9.53 Å². The number of Topliss-reactive ketones (excluding diaryl/α,β-unsaturated/α-hetero) is 1. The van der Waals surface area contributed by atoms with Crippen LogP contribution in [0.2, 0.25) is 0 Å². The summed E-state index contributed by atoms with van der Waals surface area (Å²) < 4.78 is 5.97. The van der Waals surface area contributed by atoms with Gasteiger partial charge in [-0.15, -0.1) is 0 Å². The molecule has 0 N–H and O–H groups in total. The van der Waals surface area contributed by atoms with Gasteiger partial charge in [0.15, 0.2) is 5.78 Å². The van der Waals surface area contributed by atoms with Gasteiger partial charge in [-0.3, -0.25) is 4.79 Å². The highest BCUT2D eigenvalue weighted by Crippen LogP contribution is 2.48. The highest BCUT2D eigenvalue weighted by Gasteiger charge is 2.54. The predicted molar refractivity (Wildman–Crippen MR) is 50.5 cm³/mol. The van der Waals surface area contributed by atoms with E-state index in [1.54, 1.807) is 0 Å². The normalized spacial score (nSPS) is 49.8. The lowest BCUT2D eigenvalue weighted by Crippen LogP contribution is -2.60. The summed E-state index contributed by atoms with van der Waals surface area (Å²) in [6, 6.07) is 0. The molecule has 2 heterocycles. The Balaban J connectivity index is 2.30. The molecule has 2 saturated heterocycles. The summed E-state index contributed by atoms with van der Waals surface area (Å²) in [4.78, 5) is 11.7. The number of rotatable bonds is 1. The maximum atomic E-state index is 11.7. The van der Waals surface area contributed by atoms with Crippen LogP contribution in [0.1, 0.15) is 46.5 Å². The highest BCUT2D eigenvalue weighted by molar-refractivity contribution is 5.88. The summed E-state index contributed by atoms with van der Waals surface area (Å²) in [5.41, 5.74) is -0.500. The monoisotopic (exact) mass is 182 g/mol. The van der Waals surface area contributed by atoms with Crippen molar-refractivity contribution < 1.29 is 9.53 Å². The van der Waals surface area contributed by atoms with Crippen LogP contribution < -0.4 is 0 Å². The number of carbonyl (C=O) groups excluding carboxylic acids is 1. The number of carbonyl (C=O) groups is 1. The number of hydrogen-bond acceptors (Lipinski definition) is 2. The largest absolute Gasteiger partial charge is 0.361 e. The van der Waals surface area contributed by atoms with Crippen LogP contribution in [0, 0.1) is 5.92 Å². The Hall–Kier alpha value is -0.370. The van der Waals surface area contributed by atoms with Crippen LogP contribution in [0.25, 0.3) is 0 Å². The molecule has 2 nitrogen and oxygen atoms in total. The second-order valence-electron chi connectivity index (χ2n) is 4.86. The molecule has 2 aliphatic heterocycles. The molecular weight excluding hydrogens is 164 g/mol. The van der Waals surface area contributed by atoms with Crippen molar-refractivity contribution >= 4 is 5.78 Å². The van der Waals surface area contributed by atoms with Gasteiger partial charge < -0.3 is 4.74 Å². The molecule has 3 unspecified atom stereocenters. The average Bonchev–Trinajstić information content (AvgIpc) is 2.08. The van der Waals surface area contributed by atoms with Gasteiger partial charge in [-0.1, -0.05) is 6.92 Å². The Morgan fingerprint density at radius 1 is 1.54 bits per heavy atom. The number of ether oxygens (including phenoxy) is 1. The summed E-state index contributed by atoms with van der Waals surface area (Å²) in [6.45, 7) is 6.26. The fourth-order valence-corrected chi connectivity index (χ4v) is 2.72. The second-order valence-corrected chi connectivity index (χ2v) is 4.86. The maximum Gasteiger partial charge on any atom is 0.164 e. The van der Waals surface area contributed by atoms with Crippen molar-refractivity contribution in [3.8, 4) is 0 Å². The average molecular weight is 182 g/mol. The number of fused-ring (bicyclic) bond motifs is 3. The minimum atomic E-state index is -0.459. The van der Waals surface area contributed by atoms with Crippen LogP contribution in [0.4, 0.5) is 0 Å². The zero-order valence-electron chi connectivity index (χ0n) is 8.72. The third-order valence-corrected chi connectivity index (χ3v) is 4.02. The summed E-state index contributed by atoms with van der Waals surface area (Å²) in [7, 11) is 0. The van der Waals surface area contributed by atoms with E-state index in [0.717, 1.165) is 25.7 Å². The molecule has 0 spiro atoms. The van der Waals surface area contributed by atoms with E-state index in [9.17, 15) is 4.79 Å². The van der Waals surface area contributed by atoms with Crippen molar-refractivity contribution in [1.29, 1.82) is 0 Å². The lowest BCUT2D eigenvalue weighted by molar-refractivity contribution is -0.227. The van der Waals surface area contributed by atoms with Crippen LogP contribution in [0.15, 0.2) is 0 Å². The van der Waals surface area contributed by atoms with E-state index in [0.29, 0.717) is 11.7 Å². The molecule has 74 valence electrons. The van der Waals surface area contributed by atoms with Gasteiger partial charge in [0, 0.05) is 6.42 Å². The molecule has 3 aliphatic rings. The fourth-order valence-electron chi connectivity index (χ4n) is 2.72. The zero-order chi connectivity index (χ0) is 9.69. The number of hydrogen-bond donors (Lipinski definition) is 0. The summed E-state index contributed by atoms with van der Waals surface area (Å²) in [5.74, 6) is 0.779. The molecule has 3 atom stereocenters. The van der Waals surface area contributed by atoms with Gasteiger partial charge in [0.2, 0.25) is 0 Å². The first-order valence-electron chi connectivity index (χ1n) is 5.24. The van der Waals surface area contributed by atoms with Crippen LogP contribution in [0.5, 0.6) is 0 Å². The Morgan fingerprint density at radius 3 is 2.69 bits per heavy atom. The first-order valence-corrected chi connectivity index (χ1v) is 5.24. The third-order valence-electron chi connectivity index (χ3n) is 4.02. The van der Waals surface area contributed by atoms with E-state index in [2.05, 4.69) is 13.8 Å². The molecule has 0 amide bonds. The second kappa shape index (κ2) is 2.57. The van der Waals surface area contributed by atoms with Gasteiger partial charge in [-0.05, 0) is 39.0 Å². The zero-order valence-corrected chi connectivity index (χ0v) is 8.72. The smallest absolute Gasteiger partial charge is 0.164 e. The van der Waals surface area contributed by atoms with Crippen molar-refractivity contribution in [1.82, 2.24) is 0 Å². The molecule has 2 heteroatoms. The van der Waals surface area contributed by atoms with Crippen LogP contribution in [-0.4, -0.2) is 17.0 Å². The molecule has 0 aromatic heterocycles. The van der Waals surface area contributed by atoms with Gasteiger partial charge in [0.1, 0.15) is 5.60 Å². The first-order chi connectivity index (χ1) is 6.00. The summed E-state index contributed by atoms with van der Waals surface area (Å²) >= 11 is 0. The van der Waals surface area contributed by atoms with Crippen molar-refractivity contribution in [2.75, 3.05) is 0 Å².